The van der Waals surface area contributed by atoms with E-state index in [4.69, 9.17) is 4.74 Å². The lowest BCUT2D eigenvalue weighted by atomic mass is 9.93. The van der Waals surface area contributed by atoms with Crippen molar-refractivity contribution in [2.75, 3.05) is 13.2 Å². The van der Waals surface area contributed by atoms with Crippen LogP contribution >= 0.6 is 0 Å². The predicted molar refractivity (Wildman–Crippen MR) is 50.5 cm³/mol. The molecule has 1 aliphatic heterocycles. The van der Waals surface area contributed by atoms with E-state index in [1.54, 1.807) is 0 Å². The summed E-state index contributed by atoms with van der Waals surface area (Å²) in [6, 6.07) is 0. The summed E-state index contributed by atoms with van der Waals surface area (Å²) in [6.45, 7) is 1.48. The summed E-state index contributed by atoms with van der Waals surface area (Å²) in [7, 11) is 0. The predicted octanol–water partition coefficient (Wildman–Crippen LogP) is 2.17. The molecule has 1 saturated carbocycles. The Labute approximate surface area is 79.7 Å². The molecule has 0 aromatic carbocycles. The number of Topliss-reactive ketones (excluding diaryl/α,β-unsaturated/α-hetero) is 1. The number of carbonyl (C=O) groups is 1. The van der Waals surface area contributed by atoms with Crippen molar-refractivity contribution in [1.29, 1.82) is 0 Å². The minimum atomic E-state index is 0.237. The first-order valence-electron chi connectivity index (χ1n) is 5.46. The molecule has 1 aliphatic carbocycles. The second-order valence-corrected chi connectivity index (χ2v) is 4.38. The first kappa shape index (κ1) is 9.20. The first-order chi connectivity index (χ1) is 6.36. The number of carbonyl (C=O) groups excluding carboxylic acids is 1. The summed E-state index contributed by atoms with van der Waals surface area (Å²) in [5.74, 6) is 1.40. The molecule has 1 atom stereocenters. The molecule has 2 fully saturated rings. The van der Waals surface area contributed by atoms with Gasteiger partial charge in [-0.15, -0.1) is 0 Å². The maximum absolute atomic E-state index is 11.7. The standard InChI is InChI=1S/C11H18O2/c12-11(10-5-6-13-8-10)7-9-3-1-2-4-9/h9-10H,1-8H2. The van der Waals surface area contributed by atoms with E-state index < -0.39 is 0 Å². The third-order valence-electron chi connectivity index (χ3n) is 3.35. The molecule has 2 nitrogen and oxygen atoms in total. The van der Waals surface area contributed by atoms with Gasteiger partial charge in [0.15, 0.2) is 0 Å². The Kier molecular flexibility index (Phi) is 2.99. The highest BCUT2D eigenvalue weighted by molar-refractivity contribution is 5.81. The molecule has 0 radical (unpaired) electrons. The number of ether oxygens (including phenoxy) is 1. The van der Waals surface area contributed by atoms with E-state index in [-0.39, 0.29) is 5.92 Å². The van der Waals surface area contributed by atoms with Gasteiger partial charge in [-0.05, 0) is 12.3 Å². The van der Waals surface area contributed by atoms with E-state index in [2.05, 4.69) is 0 Å². The molecule has 0 N–H and O–H groups in total. The maximum Gasteiger partial charge on any atom is 0.138 e. The second kappa shape index (κ2) is 4.23. The molecule has 0 amide bonds. The van der Waals surface area contributed by atoms with Gasteiger partial charge in [0.25, 0.3) is 0 Å². The minimum Gasteiger partial charge on any atom is -0.381 e. The number of hydrogen-bond donors (Lipinski definition) is 0. The van der Waals surface area contributed by atoms with Crippen LogP contribution in [0.4, 0.5) is 0 Å². The van der Waals surface area contributed by atoms with Crippen molar-refractivity contribution in [2.45, 2.75) is 38.5 Å². The molecular weight excluding hydrogens is 164 g/mol. The highest BCUT2D eigenvalue weighted by Crippen LogP contribution is 2.29. The highest BCUT2D eigenvalue weighted by Gasteiger charge is 2.26. The Balaban J connectivity index is 1.76. The molecule has 0 aromatic heterocycles. The second-order valence-electron chi connectivity index (χ2n) is 4.38. The van der Waals surface area contributed by atoms with Crippen molar-refractivity contribution in [3.63, 3.8) is 0 Å². The molecule has 1 saturated heterocycles. The topological polar surface area (TPSA) is 26.3 Å². The lowest BCUT2D eigenvalue weighted by Gasteiger charge is -2.10. The normalized spacial score (nSPS) is 29.7. The van der Waals surface area contributed by atoms with Crippen LogP contribution in [0.2, 0.25) is 0 Å². The van der Waals surface area contributed by atoms with Crippen LogP contribution in [0.15, 0.2) is 0 Å². The Bertz CT molecular complexity index is 177. The van der Waals surface area contributed by atoms with Crippen LogP contribution in [0.1, 0.15) is 38.5 Å². The van der Waals surface area contributed by atoms with Gasteiger partial charge in [0.1, 0.15) is 5.78 Å². The van der Waals surface area contributed by atoms with Gasteiger partial charge in [0.2, 0.25) is 0 Å². The highest BCUT2D eigenvalue weighted by atomic mass is 16.5. The van der Waals surface area contributed by atoms with Crippen LogP contribution in [0.25, 0.3) is 0 Å². The Morgan fingerprint density at radius 2 is 2.00 bits per heavy atom. The van der Waals surface area contributed by atoms with Crippen molar-refractivity contribution >= 4 is 5.78 Å². The third-order valence-corrected chi connectivity index (χ3v) is 3.35. The molecule has 74 valence electrons. The average molecular weight is 182 g/mol. The third kappa shape index (κ3) is 2.31. The molecule has 0 bridgehead atoms. The molecule has 13 heavy (non-hydrogen) atoms. The molecule has 1 unspecified atom stereocenters. The minimum absolute atomic E-state index is 0.237. The van der Waals surface area contributed by atoms with Gasteiger partial charge < -0.3 is 4.74 Å². The molecule has 2 rings (SSSR count). The van der Waals surface area contributed by atoms with Crippen LogP contribution in [0.5, 0.6) is 0 Å². The smallest absolute Gasteiger partial charge is 0.138 e. The van der Waals surface area contributed by atoms with Crippen molar-refractivity contribution < 1.29 is 9.53 Å². The molecule has 0 aromatic rings. The maximum atomic E-state index is 11.7. The summed E-state index contributed by atoms with van der Waals surface area (Å²) in [5, 5.41) is 0. The Hall–Kier alpha value is -0.370. The fourth-order valence-electron chi connectivity index (χ4n) is 2.45. The average Bonchev–Trinajstić information content (AvgIpc) is 2.74. The van der Waals surface area contributed by atoms with E-state index in [1.165, 1.54) is 25.7 Å². The van der Waals surface area contributed by atoms with Crippen molar-refractivity contribution in [1.82, 2.24) is 0 Å². The zero-order valence-corrected chi connectivity index (χ0v) is 8.13. The van der Waals surface area contributed by atoms with Gasteiger partial charge in [-0.2, -0.15) is 0 Å². The zero-order chi connectivity index (χ0) is 9.10. The lowest BCUT2D eigenvalue weighted by Crippen LogP contribution is -2.17. The summed E-state index contributed by atoms with van der Waals surface area (Å²) < 4.78 is 5.22. The molecule has 2 aliphatic rings. The Morgan fingerprint density at radius 3 is 2.62 bits per heavy atom. The van der Waals surface area contributed by atoms with E-state index in [0.29, 0.717) is 18.3 Å². The molecule has 1 heterocycles. The number of hydrogen-bond acceptors (Lipinski definition) is 2. The van der Waals surface area contributed by atoms with Crippen LogP contribution in [-0.4, -0.2) is 19.0 Å². The first-order valence-corrected chi connectivity index (χ1v) is 5.46. The lowest BCUT2D eigenvalue weighted by molar-refractivity contribution is -0.123. The molecule has 2 heteroatoms. The van der Waals surface area contributed by atoms with Crippen LogP contribution in [0, 0.1) is 11.8 Å². The fraction of sp³-hybridized carbons (Fsp3) is 0.909. The van der Waals surface area contributed by atoms with Crippen LogP contribution in [0.3, 0.4) is 0 Å². The summed E-state index contributed by atoms with van der Waals surface area (Å²) in [5.41, 5.74) is 0. The van der Waals surface area contributed by atoms with Gasteiger partial charge in [0.05, 0.1) is 6.61 Å². The molecule has 0 spiro atoms. The van der Waals surface area contributed by atoms with Crippen molar-refractivity contribution in [3.05, 3.63) is 0 Å². The van der Waals surface area contributed by atoms with Crippen molar-refractivity contribution in [3.8, 4) is 0 Å². The monoisotopic (exact) mass is 182 g/mol. The van der Waals surface area contributed by atoms with E-state index >= 15 is 0 Å². The number of ketones is 1. The van der Waals surface area contributed by atoms with Gasteiger partial charge in [0, 0.05) is 18.9 Å². The van der Waals surface area contributed by atoms with Gasteiger partial charge in [-0.25, -0.2) is 0 Å². The summed E-state index contributed by atoms with van der Waals surface area (Å²) in [4.78, 5) is 11.7. The van der Waals surface area contributed by atoms with Gasteiger partial charge in [-0.3, -0.25) is 4.79 Å². The van der Waals surface area contributed by atoms with E-state index in [1.807, 2.05) is 0 Å². The summed E-state index contributed by atoms with van der Waals surface area (Å²) >= 11 is 0. The van der Waals surface area contributed by atoms with Gasteiger partial charge >= 0.3 is 0 Å². The van der Waals surface area contributed by atoms with E-state index in [0.717, 1.165) is 19.4 Å². The quantitative estimate of drug-likeness (QED) is 0.668. The number of rotatable bonds is 3. The zero-order valence-electron chi connectivity index (χ0n) is 8.13. The van der Waals surface area contributed by atoms with Crippen molar-refractivity contribution in [2.24, 2.45) is 11.8 Å². The summed E-state index contributed by atoms with van der Waals surface area (Å²) in [6.07, 6.45) is 7.01. The molecular formula is C11H18O2. The van der Waals surface area contributed by atoms with Crippen LogP contribution in [-0.2, 0) is 9.53 Å². The van der Waals surface area contributed by atoms with Crippen LogP contribution < -0.4 is 0 Å². The fourth-order valence-corrected chi connectivity index (χ4v) is 2.45. The van der Waals surface area contributed by atoms with Gasteiger partial charge in [-0.1, -0.05) is 25.7 Å². The Morgan fingerprint density at radius 1 is 1.23 bits per heavy atom. The van der Waals surface area contributed by atoms with E-state index in [9.17, 15) is 4.79 Å². The SMILES string of the molecule is O=C(CC1CCCC1)C1CCOC1. The largest absolute Gasteiger partial charge is 0.381 e.